The van der Waals surface area contributed by atoms with Gasteiger partial charge in [-0.1, -0.05) is 38.1 Å². The normalized spacial score (nSPS) is 12.0. The SMILES string of the molecule is CC(C)NC(=O)[C@H](C)N(Cc1ccccc1F)C(=O)COc1ccc(C(C)C)cc1Br. The molecule has 0 aliphatic rings. The van der Waals surface area contributed by atoms with E-state index in [4.69, 9.17) is 4.74 Å². The number of hydrogen-bond acceptors (Lipinski definition) is 3. The molecule has 1 N–H and O–H groups in total. The van der Waals surface area contributed by atoms with Gasteiger partial charge in [0.1, 0.15) is 17.6 Å². The topological polar surface area (TPSA) is 58.6 Å². The smallest absolute Gasteiger partial charge is 0.261 e. The van der Waals surface area contributed by atoms with Crippen LogP contribution in [0.3, 0.4) is 0 Å². The number of ether oxygens (including phenoxy) is 1. The zero-order chi connectivity index (χ0) is 23.1. The summed E-state index contributed by atoms with van der Waals surface area (Å²) in [7, 11) is 0. The molecular weight excluding hydrogens is 463 g/mol. The molecule has 0 saturated carbocycles. The van der Waals surface area contributed by atoms with Gasteiger partial charge in [0.2, 0.25) is 5.91 Å². The summed E-state index contributed by atoms with van der Waals surface area (Å²) >= 11 is 3.48. The van der Waals surface area contributed by atoms with E-state index in [0.717, 1.165) is 10.0 Å². The number of carbonyl (C=O) groups excluding carboxylic acids is 2. The molecule has 31 heavy (non-hydrogen) atoms. The van der Waals surface area contributed by atoms with Gasteiger partial charge in [-0.05, 0) is 66.4 Å². The first-order chi connectivity index (χ1) is 14.6. The highest BCUT2D eigenvalue weighted by atomic mass is 79.9. The predicted molar refractivity (Wildman–Crippen MR) is 123 cm³/mol. The molecule has 2 amide bonds. The van der Waals surface area contributed by atoms with Gasteiger partial charge < -0.3 is 15.0 Å². The highest BCUT2D eigenvalue weighted by Crippen LogP contribution is 2.29. The third-order valence-corrected chi connectivity index (χ3v) is 5.49. The van der Waals surface area contributed by atoms with Crippen LogP contribution in [0.5, 0.6) is 5.75 Å². The molecule has 7 heteroatoms. The molecule has 0 aliphatic carbocycles. The molecule has 2 rings (SSSR count). The highest BCUT2D eigenvalue weighted by molar-refractivity contribution is 9.10. The maximum Gasteiger partial charge on any atom is 0.261 e. The van der Waals surface area contributed by atoms with Gasteiger partial charge in [-0.15, -0.1) is 0 Å². The van der Waals surface area contributed by atoms with Crippen molar-refractivity contribution in [2.45, 2.75) is 59.2 Å². The van der Waals surface area contributed by atoms with Gasteiger partial charge in [0.15, 0.2) is 6.61 Å². The lowest BCUT2D eigenvalue weighted by atomic mass is 10.0. The molecule has 168 valence electrons. The Balaban J connectivity index is 2.19. The Kier molecular flexibility index (Phi) is 9.04. The Labute approximate surface area is 192 Å². The van der Waals surface area contributed by atoms with E-state index in [2.05, 4.69) is 35.1 Å². The lowest BCUT2D eigenvalue weighted by Gasteiger charge is -2.29. The second-order valence-corrected chi connectivity index (χ2v) is 8.94. The summed E-state index contributed by atoms with van der Waals surface area (Å²) in [5.74, 6) is -0.243. The van der Waals surface area contributed by atoms with Crippen LogP contribution in [-0.4, -0.2) is 35.4 Å². The van der Waals surface area contributed by atoms with Gasteiger partial charge in [0.25, 0.3) is 5.91 Å². The van der Waals surface area contributed by atoms with Gasteiger partial charge in [0, 0.05) is 18.2 Å². The minimum Gasteiger partial charge on any atom is -0.483 e. The second-order valence-electron chi connectivity index (χ2n) is 8.09. The van der Waals surface area contributed by atoms with Crippen LogP contribution in [-0.2, 0) is 16.1 Å². The lowest BCUT2D eigenvalue weighted by Crippen LogP contribution is -2.50. The van der Waals surface area contributed by atoms with E-state index < -0.39 is 17.8 Å². The van der Waals surface area contributed by atoms with Crippen LogP contribution in [0.15, 0.2) is 46.9 Å². The van der Waals surface area contributed by atoms with E-state index in [1.54, 1.807) is 25.1 Å². The summed E-state index contributed by atoms with van der Waals surface area (Å²) in [5.41, 5.74) is 1.48. The van der Waals surface area contributed by atoms with Crippen molar-refractivity contribution in [3.05, 3.63) is 63.9 Å². The van der Waals surface area contributed by atoms with E-state index in [-0.39, 0.29) is 25.1 Å². The monoisotopic (exact) mass is 492 g/mol. The van der Waals surface area contributed by atoms with Gasteiger partial charge in [0.05, 0.1) is 4.47 Å². The molecule has 0 aliphatic heterocycles. The molecule has 5 nitrogen and oxygen atoms in total. The van der Waals surface area contributed by atoms with Gasteiger partial charge in [-0.25, -0.2) is 4.39 Å². The molecule has 0 unspecified atom stereocenters. The zero-order valence-electron chi connectivity index (χ0n) is 18.6. The summed E-state index contributed by atoms with van der Waals surface area (Å²) in [5, 5.41) is 2.80. The van der Waals surface area contributed by atoms with Crippen LogP contribution in [0, 0.1) is 5.82 Å². The predicted octanol–water partition coefficient (Wildman–Crippen LogP) is 5.03. The van der Waals surface area contributed by atoms with Crippen LogP contribution in [0.1, 0.15) is 51.7 Å². The van der Waals surface area contributed by atoms with E-state index in [0.29, 0.717) is 17.2 Å². The number of nitrogens with zero attached hydrogens (tertiary/aromatic N) is 1. The maximum absolute atomic E-state index is 14.2. The van der Waals surface area contributed by atoms with Gasteiger partial charge in [-0.2, -0.15) is 0 Å². The fraction of sp³-hybridized carbons (Fsp3) is 0.417. The summed E-state index contributed by atoms with van der Waals surface area (Å²) in [6.45, 7) is 9.20. The summed E-state index contributed by atoms with van der Waals surface area (Å²) in [6, 6.07) is 11.1. The largest absolute Gasteiger partial charge is 0.483 e. The minimum absolute atomic E-state index is 0.0327. The van der Waals surface area contributed by atoms with Crippen molar-refractivity contribution in [2.75, 3.05) is 6.61 Å². The number of benzene rings is 2. The van der Waals surface area contributed by atoms with Gasteiger partial charge >= 0.3 is 0 Å². The van der Waals surface area contributed by atoms with E-state index >= 15 is 0 Å². The van der Waals surface area contributed by atoms with Crippen molar-refractivity contribution in [1.29, 1.82) is 0 Å². The number of carbonyl (C=O) groups is 2. The third-order valence-electron chi connectivity index (χ3n) is 4.87. The van der Waals surface area contributed by atoms with Crippen LogP contribution >= 0.6 is 15.9 Å². The van der Waals surface area contributed by atoms with Gasteiger partial charge in [-0.3, -0.25) is 9.59 Å². The maximum atomic E-state index is 14.2. The van der Waals surface area contributed by atoms with Crippen LogP contribution in [0.2, 0.25) is 0 Å². The molecule has 0 bridgehead atoms. The molecule has 0 fully saturated rings. The molecule has 2 aromatic rings. The summed E-state index contributed by atoms with van der Waals surface area (Å²) in [6.07, 6.45) is 0. The lowest BCUT2D eigenvalue weighted by molar-refractivity contribution is -0.142. The molecular formula is C24H30BrFN2O3. The van der Waals surface area contributed by atoms with Crippen molar-refractivity contribution < 1.29 is 18.7 Å². The van der Waals surface area contributed by atoms with Crippen LogP contribution in [0.25, 0.3) is 0 Å². The highest BCUT2D eigenvalue weighted by Gasteiger charge is 2.27. The fourth-order valence-corrected chi connectivity index (χ4v) is 3.52. The number of nitrogens with one attached hydrogen (secondary N) is 1. The van der Waals surface area contributed by atoms with E-state index in [9.17, 15) is 14.0 Å². The van der Waals surface area contributed by atoms with Crippen LogP contribution < -0.4 is 10.1 Å². The first-order valence-corrected chi connectivity index (χ1v) is 11.1. The average molecular weight is 493 g/mol. The quantitative estimate of drug-likeness (QED) is 0.533. The van der Waals surface area contributed by atoms with Crippen molar-refractivity contribution in [2.24, 2.45) is 0 Å². The van der Waals surface area contributed by atoms with Crippen LogP contribution in [0.4, 0.5) is 4.39 Å². The van der Waals surface area contributed by atoms with Crippen molar-refractivity contribution >= 4 is 27.7 Å². The number of hydrogen-bond donors (Lipinski definition) is 1. The number of amides is 2. The summed E-state index contributed by atoms with van der Waals surface area (Å²) in [4.78, 5) is 26.9. The van der Waals surface area contributed by atoms with Crippen molar-refractivity contribution in [3.63, 3.8) is 0 Å². The molecule has 0 aromatic heterocycles. The Morgan fingerprint density at radius 1 is 1.10 bits per heavy atom. The zero-order valence-corrected chi connectivity index (χ0v) is 20.2. The Hall–Kier alpha value is -2.41. The van der Waals surface area contributed by atoms with E-state index in [1.807, 2.05) is 32.0 Å². The molecule has 0 radical (unpaired) electrons. The molecule has 2 aromatic carbocycles. The molecule has 0 heterocycles. The number of halogens is 2. The Bertz CT molecular complexity index is 917. The summed E-state index contributed by atoms with van der Waals surface area (Å²) < 4.78 is 20.7. The average Bonchev–Trinajstić information content (AvgIpc) is 2.70. The fourth-order valence-electron chi connectivity index (χ4n) is 3.01. The minimum atomic E-state index is -0.787. The standard InChI is InChI=1S/C24H30BrFN2O3/c1-15(2)18-10-11-22(20(25)12-18)31-14-23(29)28(17(5)24(30)27-16(3)4)13-19-8-6-7-9-21(19)26/h6-12,15-17H,13-14H2,1-5H3,(H,27,30)/t17-/m0/s1. The van der Waals surface area contributed by atoms with Crippen molar-refractivity contribution in [3.8, 4) is 5.75 Å². The molecule has 0 saturated heterocycles. The first-order valence-electron chi connectivity index (χ1n) is 10.4. The van der Waals surface area contributed by atoms with E-state index in [1.165, 1.54) is 11.0 Å². The second kappa shape index (κ2) is 11.3. The number of rotatable bonds is 9. The first kappa shape index (κ1) is 24.9. The third kappa shape index (κ3) is 7.06. The van der Waals surface area contributed by atoms with Crippen molar-refractivity contribution in [1.82, 2.24) is 10.2 Å². The molecule has 1 atom stereocenters. The molecule has 0 spiro atoms. The Morgan fingerprint density at radius 3 is 2.35 bits per heavy atom. The Morgan fingerprint density at radius 2 is 1.77 bits per heavy atom.